The zero-order chi connectivity index (χ0) is 10.8. The van der Waals surface area contributed by atoms with Crippen LogP contribution in [-0.2, 0) is 4.74 Å². The van der Waals surface area contributed by atoms with Crippen molar-refractivity contribution in [2.45, 2.75) is 6.04 Å². The minimum absolute atomic E-state index is 0.293. The van der Waals surface area contributed by atoms with E-state index in [1.807, 2.05) is 18.3 Å². The number of ether oxygens (including phenoxy) is 1. The van der Waals surface area contributed by atoms with Gasteiger partial charge in [0.15, 0.2) is 0 Å². The van der Waals surface area contributed by atoms with Crippen molar-refractivity contribution in [1.29, 1.82) is 0 Å². The Labute approximate surface area is 94.5 Å². The summed E-state index contributed by atoms with van der Waals surface area (Å²) in [5.41, 5.74) is 2.33. The second kappa shape index (κ2) is 4.20. The molecule has 0 aliphatic carbocycles. The molecule has 0 bridgehead atoms. The van der Waals surface area contributed by atoms with Crippen molar-refractivity contribution in [3.05, 3.63) is 42.1 Å². The minimum Gasteiger partial charge on any atom is -0.378 e. The molecule has 3 rings (SSSR count). The van der Waals surface area contributed by atoms with Crippen LogP contribution in [0.25, 0.3) is 10.9 Å². The highest BCUT2D eigenvalue weighted by Crippen LogP contribution is 2.23. The first-order valence-electron chi connectivity index (χ1n) is 5.60. The maximum absolute atomic E-state index is 5.50. The number of aromatic nitrogens is 1. The molecule has 0 radical (unpaired) electrons. The predicted molar refractivity (Wildman–Crippen MR) is 63.3 cm³/mol. The van der Waals surface area contributed by atoms with Gasteiger partial charge in [0.2, 0.25) is 0 Å². The molecule has 1 aliphatic heterocycles. The van der Waals surface area contributed by atoms with Gasteiger partial charge in [0.25, 0.3) is 0 Å². The van der Waals surface area contributed by atoms with Gasteiger partial charge in [0.05, 0.1) is 24.8 Å². The van der Waals surface area contributed by atoms with Crippen molar-refractivity contribution in [3.8, 4) is 0 Å². The minimum atomic E-state index is 0.293. The number of nitrogens with one attached hydrogen (secondary N) is 1. The molecule has 3 nitrogen and oxygen atoms in total. The molecule has 0 amide bonds. The summed E-state index contributed by atoms with van der Waals surface area (Å²) in [7, 11) is 0. The van der Waals surface area contributed by atoms with E-state index in [-0.39, 0.29) is 0 Å². The van der Waals surface area contributed by atoms with E-state index in [1.165, 1.54) is 10.9 Å². The second-order valence-corrected chi connectivity index (χ2v) is 4.00. The van der Waals surface area contributed by atoms with E-state index < -0.39 is 0 Å². The molecule has 16 heavy (non-hydrogen) atoms. The van der Waals surface area contributed by atoms with Gasteiger partial charge in [-0.25, -0.2) is 0 Å². The van der Waals surface area contributed by atoms with E-state index in [0.717, 1.165) is 25.3 Å². The summed E-state index contributed by atoms with van der Waals surface area (Å²) >= 11 is 0. The van der Waals surface area contributed by atoms with E-state index in [1.54, 1.807) is 0 Å². The summed E-state index contributed by atoms with van der Waals surface area (Å²) < 4.78 is 5.50. The summed E-state index contributed by atoms with van der Waals surface area (Å²) in [4.78, 5) is 4.37. The summed E-state index contributed by atoms with van der Waals surface area (Å²) in [6.07, 6.45) is 1.87. The third-order valence-electron chi connectivity index (χ3n) is 2.98. The largest absolute Gasteiger partial charge is 0.378 e. The average molecular weight is 214 g/mol. The molecular weight excluding hydrogens is 200 g/mol. The first-order chi connectivity index (χ1) is 7.95. The number of hydrogen-bond acceptors (Lipinski definition) is 3. The van der Waals surface area contributed by atoms with E-state index in [0.29, 0.717) is 6.04 Å². The summed E-state index contributed by atoms with van der Waals surface area (Å²) in [6.45, 7) is 2.47. The Morgan fingerprint density at radius 3 is 3.06 bits per heavy atom. The lowest BCUT2D eigenvalue weighted by Gasteiger charge is -2.25. The highest BCUT2D eigenvalue weighted by Gasteiger charge is 2.17. The summed E-state index contributed by atoms with van der Waals surface area (Å²) in [5.74, 6) is 0. The van der Waals surface area contributed by atoms with Crippen LogP contribution in [0.5, 0.6) is 0 Å². The quantitative estimate of drug-likeness (QED) is 0.787. The van der Waals surface area contributed by atoms with E-state index in [9.17, 15) is 0 Å². The van der Waals surface area contributed by atoms with Crippen molar-refractivity contribution >= 4 is 10.9 Å². The van der Waals surface area contributed by atoms with Crippen LogP contribution in [0.1, 0.15) is 11.6 Å². The first kappa shape index (κ1) is 9.75. The number of para-hydroxylation sites is 1. The number of hydrogen-bond donors (Lipinski definition) is 1. The number of benzene rings is 1. The Bertz CT molecular complexity index is 487. The van der Waals surface area contributed by atoms with E-state index in [4.69, 9.17) is 4.74 Å². The van der Waals surface area contributed by atoms with Gasteiger partial charge in [-0.15, -0.1) is 0 Å². The topological polar surface area (TPSA) is 34.1 Å². The van der Waals surface area contributed by atoms with Gasteiger partial charge < -0.3 is 10.1 Å². The number of pyridine rings is 1. The normalized spacial score (nSPS) is 21.1. The van der Waals surface area contributed by atoms with Crippen LogP contribution in [0.3, 0.4) is 0 Å². The maximum atomic E-state index is 5.50. The van der Waals surface area contributed by atoms with Crippen molar-refractivity contribution < 1.29 is 4.74 Å². The van der Waals surface area contributed by atoms with Gasteiger partial charge in [0, 0.05) is 18.1 Å². The molecule has 3 heteroatoms. The van der Waals surface area contributed by atoms with Crippen LogP contribution in [-0.4, -0.2) is 24.7 Å². The number of rotatable bonds is 1. The summed E-state index contributed by atoms with van der Waals surface area (Å²) in [5, 5.41) is 4.69. The zero-order valence-corrected chi connectivity index (χ0v) is 9.02. The Morgan fingerprint density at radius 2 is 2.19 bits per heavy atom. The van der Waals surface area contributed by atoms with Gasteiger partial charge in [-0.2, -0.15) is 0 Å². The van der Waals surface area contributed by atoms with Crippen LogP contribution in [0.4, 0.5) is 0 Å². The van der Waals surface area contributed by atoms with Crippen LogP contribution in [0, 0.1) is 0 Å². The smallest absolute Gasteiger partial charge is 0.0705 e. The van der Waals surface area contributed by atoms with Gasteiger partial charge in [0.1, 0.15) is 0 Å². The zero-order valence-electron chi connectivity index (χ0n) is 9.02. The Kier molecular flexibility index (Phi) is 2.56. The van der Waals surface area contributed by atoms with Crippen molar-refractivity contribution in [3.63, 3.8) is 0 Å². The molecule has 82 valence electrons. The number of morpholine rings is 1. The predicted octanol–water partition coefficient (Wildman–Crippen LogP) is 1.90. The van der Waals surface area contributed by atoms with Crippen molar-refractivity contribution in [1.82, 2.24) is 10.3 Å². The van der Waals surface area contributed by atoms with Gasteiger partial charge in [-0.3, -0.25) is 4.98 Å². The van der Waals surface area contributed by atoms with Crippen LogP contribution >= 0.6 is 0 Å². The average Bonchev–Trinajstić information content (AvgIpc) is 2.39. The van der Waals surface area contributed by atoms with Crippen LogP contribution < -0.4 is 5.32 Å². The van der Waals surface area contributed by atoms with Gasteiger partial charge in [-0.05, 0) is 17.7 Å². The monoisotopic (exact) mass is 214 g/mol. The molecule has 0 unspecified atom stereocenters. The molecule has 0 saturated carbocycles. The van der Waals surface area contributed by atoms with Gasteiger partial charge in [-0.1, -0.05) is 18.2 Å². The van der Waals surface area contributed by atoms with Gasteiger partial charge >= 0.3 is 0 Å². The lowest BCUT2D eigenvalue weighted by atomic mass is 10.0. The number of fused-ring (bicyclic) bond motifs is 1. The fourth-order valence-electron chi connectivity index (χ4n) is 2.19. The number of nitrogens with zero attached hydrogens (tertiary/aromatic N) is 1. The molecule has 2 aromatic rings. The van der Waals surface area contributed by atoms with E-state index >= 15 is 0 Å². The Balaban J connectivity index is 2.08. The third-order valence-corrected chi connectivity index (χ3v) is 2.98. The standard InChI is InChI=1S/C13H14N2O/c1-2-4-12-10(3-1)11(5-6-14-12)13-9-16-8-7-15-13/h1-6,13,15H,7-9H2/t13-/m1/s1. The fourth-order valence-corrected chi connectivity index (χ4v) is 2.19. The van der Waals surface area contributed by atoms with Crippen molar-refractivity contribution in [2.24, 2.45) is 0 Å². The lowest BCUT2D eigenvalue weighted by Crippen LogP contribution is -2.34. The molecular formula is C13H14N2O. The lowest BCUT2D eigenvalue weighted by molar-refractivity contribution is 0.0773. The van der Waals surface area contributed by atoms with E-state index in [2.05, 4.69) is 28.5 Å². The highest BCUT2D eigenvalue weighted by molar-refractivity contribution is 5.82. The molecule has 1 aromatic carbocycles. The maximum Gasteiger partial charge on any atom is 0.0705 e. The van der Waals surface area contributed by atoms with Crippen LogP contribution in [0.2, 0.25) is 0 Å². The third kappa shape index (κ3) is 1.68. The fraction of sp³-hybridized carbons (Fsp3) is 0.308. The Morgan fingerprint density at radius 1 is 1.25 bits per heavy atom. The first-order valence-corrected chi connectivity index (χ1v) is 5.60. The highest BCUT2D eigenvalue weighted by atomic mass is 16.5. The molecule has 1 atom stereocenters. The molecule has 1 aliphatic rings. The molecule has 1 fully saturated rings. The second-order valence-electron chi connectivity index (χ2n) is 4.00. The SMILES string of the molecule is c1ccc2c([C@H]3COCCN3)ccnc2c1. The Hall–Kier alpha value is -1.45. The molecule has 0 spiro atoms. The summed E-state index contributed by atoms with van der Waals surface area (Å²) in [6, 6.07) is 10.6. The molecule has 2 heterocycles. The van der Waals surface area contributed by atoms with Crippen molar-refractivity contribution in [2.75, 3.05) is 19.8 Å². The molecule has 1 aromatic heterocycles. The molecule has 1 N–H and O–H groups in total. The van der Waals surface area contributed by atoms with Crippen LogP contribution in [0.15, 0.2) is 36.5 Å². The molecule has 1 saturated heterocycles.